The van der Waals surface area contributed by atoms with Gasteiger partial charge in [-0.1, -0.05) is 6.07 Å². The van der Waals surface area contributed by atoms with Crippen LogP contribution in [0.2, 0.25) is 0 Å². The Labute approximate surface area is 101 Å². The van der Waals surface area contributed by atoms with E-state index in [9.17, 15) is 0 Å². The SMILES string of the molecule is CN(Cc1ccc(N)nc1)Cc1nccn1C. The van der Waals surface area contributed by atoms with E-state index in [1.807, 2.05) is 42.3 Å². The van der Waals surface area contributed by atoms with Gasteiger partial charge in [0.25, 0.3) is 0 Å². The van der Waals surface area contributed by atoms with E-state index < -0.39 is 0 Å². The summed E-state index contributed by atoms with van der Waals surface area (Å²) in [6, 6.07) is 3.82. The molecule has 0 fully saturated rings. The highest BCUT2D eigenvalue weighted by atomic mass is 15.1. The molecule has 5 heteroatoms. The highest BCUT2D eigenvalue weighted by Gasteiger charge is 2.05. The standard InChI is InChI=1S/C12H17N5/c1-16(9-12-14-5-6-17(12)2)8-10-3-4-11(13)15-7-10/h3-7H,8-9H2,1-2H3,(H2,13,15). The second kappa shape index (κ2) is 4.97. The van der Waals surface area contributed by atoms with Gasteiger partial charge in [0.1, 0.15) is 11.6 Å². The van der Waals surface area contributed by atoms with Gasteiger partial charge < -0.3 is 10.3 Å². The predicted molar refractivity (Wildman–Crippen MR) is 67.0 cm³/mol. The van der Waals surface area contributed by atoms with E-state index in [1.165, 1.54) is 0 Å². The molecule has 90 valence electrons. The molecule has 0 aliphatic rings. The van der Waals surface area contributed by atoms with Crippen molar-refractivity contribution in [2.24, 2.45) is 7.05 Å². The Morgan fingerprint density at radius 2 is 2.12 bits per heavy atom. The number of anilines is 1. The summed E-state index contributed by atoms with van der Waals surface area (Å²) in [5.41, 5.74) is 6.70. The molecule has 2 aromatic rings. The zero-order valence-electron chi connectivity index (χ0n) is 10.2. The zero-order chi connectivity index (χ0) is 12.3. The molecule has 0 aliphatic carbocycles. The second-order valence-corrected chi connectivity index (χ2v) is 4.22. The van der Waals surface area contributed by atoms with Crippen molar-refractivity contribution in [3.8, 4) is 0 Å². The summed E-state index contributed by atoms with van der Waals surface area (Å²) in [6.07, 6.45) is 5.58. The summed E-state index contributed by atoms with van der Waals surface area (Å²) in [5.74, 6) is 1.61. The Bertz CT molecular complexity index is 474. The first-order chi connectivity index (χ1) is 8.15. The van der Waals surface area contributed by atoms with E-state index >= 15 is 0 Å². The van der Waals surface area contributed by atoms with E-state index in [2.05, 4.69) is 21.9 Å². The number of nitrogen functional groups attached to an aromatic ring is 1. The van der Waals surface area contributed by atoms with Gasteiger partial charge in [0.15, 0.2) is 0 Å². The van der Waals surface area contributed by atoms with Crippen molar-refractivity contribution in [2.45, 2.75) is 13.1 Å². The van der Waals surface area contributed by atoms with Gasteiger partial charge >= 0.3 is 0 Å². The van der Waals surface area contributed by atoms with Crippen LogP contribution in [0.4, 0.5) is 5.82 Å². The van der Waals surface area contributed by atoms with Crippen LogP contribution in [0, 0.1) is 0 Å². The van der Waals surface area contributed by atoms with Gasteiger partial charge in [-0.2, -0.15) is 0 Å². The van der Waals surface area contributed by atoms with Crippen LogP contribution >= 0.6 is 0 Å². The van der Waals surface area contributed by atoms with Gasteiger partial charge in [0, 0.05) is 32.2 Å². The van der Waals surface area contributed by atoms with Gasteiger partial charge in [-0.25, -0.2) is 9.97 Å². The summed E-state index contributed by atoms with van der Waals surface area (Å²) in [6.45, 7) is 1.65. The average Bonchev–Trinajstić information content (AvgIpc) is 2.68. The lowest BCUT2D eigenvalue weighted by Crippen LogP contribution is -2.19. The molecular weight excluding hydrogens is 214 g/mol. The third-order valence-corrected chi connectivity index (χ3v) is 2.63. The van der Waals surface area contributed by atoms with Crippen molar-refractivity contribution in [3.05, 3.63) is 42.1 Å². The molecule has 0 radical (unpaired) electrons. The van der Waals surface area contributed by atoms with Crippen molar-refractivity contribution in [2.75, 3.05) is 12.8 Å². The maximum absolute atomic E-state index is 5.55. The summed E-state index contributed by atoms with van der Waals surface area (Å²) in [4.78, 5) is 10.6. The summed E-state index contributed by atoms with van der Waals surface area (Å²) in [7, 11) is 4.06. The van der Waals surface area contributed by atoms with Gasteiger partial charge in [-0.15, -0.1) is 0 Å². The third-order valence-electron chi connectivity index (χ3n) is 2.63. The third kappa shape index (κ3) is 3.04. The molecule has 17 heavy (non-hydrogen) atoms. The zero-order valence-corrected chi connectivity index (χ0v) is 10.2. The molecule has 0 saturated carbocycles. The lowest BCUT2D eigenvalue weighted by Gasteiger charge is -2.16. The van der Waals surface area contributed by atoms with Crippen LogP contribution in [0.25, 0.3) is 0 Å². The smallest absolute Gasteiger partial charge is 0.123 e. The van der Waals surface area contributed by atoms with Crippen LogP contribution in [-0.4, -0.2) is 26.5 Å². The number of pyridine rings is 1. The number of nitrogens with two attached hydrogens (primary N) is 1. The monoisotopic (exact) mass is 231 g/mol. The van der Waals surface area contributed by atoms with Crippen molar-refractivity contribution in [1.29, 1.82) is 0 Å². The van der Waals surface area contributed by atoms with Crippen LogP contribution in [-0.2, 0) is 20.1 Å². The average molecular weight is 231 g/mol. The molecule has 0 aromatic carbocycles. The highest BCUT2D eigenvalue weighted by molar-refractivity contribution is 5.29. The lowest BCUT2D eigenvalue weighted by atomic mass is 10.2. The minimum Gasteiger partial charge on any atom is -0.384 e. The lowest BCUT2D eigenvalue weighted by molar-refractivity contribution is 0.307. The van der Waals surface area contributed by atoms with E-state index in [0.29, 0.717) is 5.82 Å². The minimum absolute atomic E-state index is 0.556. The number of hydrogen-bond donors (Lipinski definition) is 1. The molecule has 5 nitrogen and oxygen atoms in total. The van der Waals surface area contributed by atoms with Crippen LogP contribution in [0.1, 0.15) is 11.4 Å². The fourth-order valence-electron chi connectivity index (χ4n) is 1.69. The summed E-state index contributed by atoms with van der Waals surface area (Å²) < 4.78 is 2.03. The van der Waals surface area contributed by atoms with E-state index in [1.54, 1.807) is 0 Å². The Morgan fingerprint density at radius 3 is 2.71 bits per heavy atom. The van der Waals surface area contributed by atoms with Gasteiger partial charge in [-0.3, -0.25) is 4.90 Å². The molecule has 0 atom stereocenters. The maximum Gasteiger partial charge on any atom is 0.123 e. The van der Waals surface area contributed by atoms with Gasteiger partial charge in [0.2, 0.25) is 0 Å². The molecule has 2 aromatic heterocycles. The van der Waals surface area contributed by atoms with Crippen molar-refractivity contribution in [3.63, 3.8) is 0 Å². The van der Waals surface area contributed by atoms with Crippen LogP contribution in [0.15, 0.2) is 30.7 Å². The fourth-order valence-corrected chi connectivity index (χ4v) is 1.69. The molecule has 2 heterocycles. The second-order valence-electron chi connectivity index (χ2n) is 4.22. The van der Waals surface area contributed by atoms with Crippen molar-refractivity contribution >= 4 is 5.82 Å². The molecule has 0 amide bonds. The molecule has 0 bridgehead atoms. The largest absolute Gasteiger partial charge is 0.384 e. The minimum atomic E-state index is 0.556. The molecule has 2 N–H and O–H groups in total. The molecule has 0 saturated heterocycles. The molecule has 0 spiro atoms. The Kier molecular flexibility index (Phi) is 3.39. The molecule has 2 rings (SSSR count). The van der Waals surface area contributed by atoms with Crippen LogP contribution < -0.4 is 5.73 Å². The molecular formula is C12H17N5. The van der Waals surface area contributed by atoms with Gasteiger partial charge in [-0.05, 0) is 18.7 Å². The van der Waals surface area contributed by atoms with Crippen molar-refractivity contribution in [1.82, 2.24) is 19.4 Å². The Hall–Kier alpha value is -1.88. The number of imidazole rings is 1. The normalized spacial score (nSPS) is 11.0. The van der Waals surface area contributed by atoms with Gasteiger partial charge in [0.05, 0.1) is 6.54 Å². The quantitative estimate of drug-likeness (QED) is 0.853. The Balaban J connectivity index is 1.95. The first-order valence-corrected chi connectivity index (χ1v) is 5.50. The van der Waals surface area contributed by atoms with E-state index in [-0.39, 0.29) is 0 Å². The Morgan fingerprint density at radius 1 is 1.29 bits per heavy atom. The predicted octanol–water partition coefficient (Wildman–Crippen LogP) is 1.03. The number of rotatable bonds is 4. The number of nitrogens with zero attached hydrogens (tertiary/aromatic N) is 4. The summed E-state index contributed by atoms with van der Waals surface area (Å²) >= 11 is 0. The highest BCUT2D eigenvalue weighted by Crippen LogP contribution is 2.07. The van der Waals surface area contributed by atoms with E-state index in [0.717, 1.165) is 24.5 Å². The van der Waals surface area contributed by atoms with E-state index in [4.69, 9.17) is 5.73 Å². The first kappa shape index (κ1) is 11.6. The fraction of sp³-hybridized carbons (Fsp3) is 0.333. The molecule has 0 unspecified atom stereocenters. The molecule has 0 aliphatic heterocycles. The maximum atomic E-state index is 5.55. The first-order valence-electron chi connectivity index (χ1n) is 5.50. The van der Waals surface area contributed by atoms with Crippen LogP contribution in [0.3, 0.4) is 0 Å². The number of hydrogen-bond acceptors (Lipinski definition) is 4. The van der Waals surface area contributed by atoms with Crippen LogP contribution in [0.5, 0.6) is 0 Å². The van der Waals surface area contributed by atoms with Crippen molar-refractivity contribution < 1.29 is 0 Å². The topological polar surface area (TPSA) is 60.0 Å². The number of aryl methyl sites for hydroxylation is 1. The number of aromatic nitrogens is 3. The summed E-state index contributed by atoms with van der Waals surface area (Å²) in [5, 5.41) is 0.